The molecule has 1 saturated heterocycles. The van der Waals surface area contributed by atoms with Crippen LogP contribution in [0.2, 0.25) is 0 Å². The van der Waals surface area contributed by atoms with Crippen molar-refractivity contribution in [2.75, 3.05) is 12.4 Å². The van der Waals surface area contributed by atoms with E-state index in [0.717, 1.165) is 17.7 Å². The number of anilines is 1. The van der Waals surface area contributed by atoms with E-state index in [-0.39, 0.29) is 35.2 Å². The first-order valence-corrected chi connectivity index (χ1v) is 12.2. The van der Waals surface area contributed by atoms with Crippen molar-refractivity contribution in [1.29, 1.82) is 0 Å². The number of carbonyl (C=O) groups is 1. The normalized spacial score (nSPS) is 20.9. The Morgan fingerprint density at radius 1 is 1.10 bits per heavy atom. The third kappa shape index (κ3) is 5.83. The molecule has 5 rings (SSSR count). The molecule has 1 aliphatic rings. The number of halogens is 3. The fourth-order valence-electron chi connectivity index (χ4n) is 4.38. The monoisotopic (exact) mass is 558 g/mol. The van der Waals surface area contributed by atoms with Crippen molar-refractivity contribution in [2.24, 2.45) is 0 Å². The molecule has 3 heterocycles. The van der Waals surface area contributed by atoms with Crippen LogP contribution in [0, 0.1) is 0 Å². The van der Waals surface area contributed by atoms with E-state index in [4.69, 9.17) is 4.74 Å². The predicted molar refractivity (Wildman–Crippen MR) is 136 cm³/mol. The molecular weight excluding hydrogens is 533 g/mol. The van der Waals surface area contributed by atoms with Crippen molar-refractivity contribution in [3.8, 4) is 17.1 Å². The molecule has 40 heavy (non-hydrogen) atoms. The van der Waals surface area contributed by atoms with E-state index in [9.17, 15) is 28.2 Å². The van der Waals surface area contributed by atoms with Crippen molar-refractivity contribution in [1.82, 2.24) is 24.8 Å². The molecule has 4 aromatic rings. The van der Waals surface area contributed by atoms with Crippen molar-refractivity contribution < 1.29 is 37.7 Å². The quantitative estimate of drug-likeness (QED) is 0.257. The standard InChI is InChI=1S/C26H25F3N6O5/c1-30-18(36)11-17-20(37)21(38)25(39-17)35-13-32-19-23(31-12-14-6-3-2-4-7-14)33-22(34-24(19)35)15-8-5-9-16(10-15)40-26(27,28)29/h2-10,13,17,20-21,25,37-38H,11-12H2,1H3,(H,30,36)(H,31,33,34)/t17-,20+,21+,25+/m0/s1. The molecule has 0 bridgehead atoms. The first-order chi connectivity index (χ1) is 19.1. The summed E-state index contributed by atoms with van der Waals surface area (Å²) in [4.78, 5) is 25.3. The Kier molecular flexibility index (Phi) is 7.56. The smallest absolute Gasteiger partial charge is 0.406 e. The van der Waals surface area contributed by atoms with Crippen LogP contribution in [0.1, 0.15) is 18.2 Å². The second-order valence-corrected chi connectivity index (χ2v) is 9.06. The van der Waals surface area contributed by atoms with Crippen LogP contribution < -0.4 is 15.4 Å². The lowest BCUT2D eigenvalue weighted by atomic mass is 10.1. The Balaban J connectivity index is 1.56. The van der Waals surface area contributed by atoms with Gasteiger partial charge in [-0.25, -0.2) is 15.0 Å². The number of ether oxygens (including phenoxy) is 2. The van der Waals surface area contributed by atoms with Crippen LogP contribution in [-0.4, -0.2) is 67.4 Å². The molecule has 0 unspecified atom stereocenters. The number of rotatable bonds is 8. The predicted octanol–water partition coefficient (Wildman–Crippen LogP) is 2.76. The third-order valence-electron chi connectivity index (χ3n) is 6.33. The van der Waals surface area contributed by atoms with Gasteiger partial charge in [0.2, 0.25) is 5.91 Å². The average Bonchev–Trinajstić information content (AvgIpc) is 3.47. The number of carbonyl (C=O) groups excluding carboxylic acids is 1. The van der Waals surface area contributed by atoms with Crippen LogP contribution in [0.3, 0.4) is 0 Å². The minimum absolute atomic E-state index is 0.0485. The SMILES string of the molecule is CNC(=O)C[C@@H]1O[C@@H](n2cnc3c(NCc4ccccc4)nc(-c4cccc(OC(F)(F)F)c4)nc32)[C@H](O)[C@@H]1O. The molecule has 4 atom stereocenters. The number of aromatic nitrogens is 4. The molecule has 1 aliphatic heterocycles. The summed E-state index contributed by atoms with van der Waals surface area (Å²) in [5.41, 5.74) is 1.64. The average molecular weight is 559 g/mol. The Morgan fingerprint density at radius 2 is 1.88 bits per heavy atom. The van der Waals surface area contributed by atoms with Crippen LogP contribution in [0.25, 0.3) is 22.6 Å². The fourth-order valence-corrected chi connectivity index (χ4v) is 4.38. The van der Waals surface area contributed by atoms with Crippen LogP contribution in [0.15, 0.2) is 60.9 Å². The zero-order valence-electron chi connectivity index (χ0n) is 21.0. The van der Waals surface area contributed by atoms with Gasteiger partial charge in [0.15, 0.2) is 29.0 Å². The number of hydrogen-bond donors (Lipinski definition) is 4. The molecule has 210 valence electrons. The summed E-state index contributed by atoms with van der Waals surface area (Å²) in [7, 11) is 1.44. The zero-order valence-corrected chi connectivity index (χ0v) is 21.0. The summed E-state index contributed by atoms with van der Waals surface area (Å²) >= 11 is 0. The number of hydrogen-bond acceptors (Lipinski definition) is 9. The number of fused-ring (bicyclic) bond motifs is 1. The largest absolute Gasteiger partial charge is 0.573 e. The minimum atomic E-state index is -4.88. The lowest BCUT2D eigenvalue weighted by Crippen LogP contribution is -2.34. The molecule has 0 saturated carbocycles. The van der Waals surface area contributed by atoms with Crippen LogP contribution in [0.5, 0.6) is 5.75 Å². The molecule has 1 amide bonds. The minimum Gasteiger partial charge on any atom is -0.406 e. The highest BCUT2D eigenvalue weighted by Gasteiger charge is 2.45. The number of nitrogens with zero attached hydrogens (tertiary/aromatic N) is 4. The number of nitrogens with one attached hydrogen (secondary N) is 2. The highest BCUT2D eigenvalue weighted by Crippen LogP contribution is 2.35. The van der Waals surface area contributed by atoms with Crippen molar-refractivity contribution in [2.45, 2.75) is 43.9 Å². The van der Waals surface area contributed by atoms with Gasteiger partial charge in [0.05, 0.1) is 18.9 Å². The highest BCUT2D eigenvalue weighted by molar-refractivity contribution is 5.85. The van der Waals surface area contributed by atoms with Gasteiger partial charge in [-0.15, -0.1) is 13.2 Å². The molecule has 4 N–H and O–H groups in total. The van der Waals surface area contributed by atoms with E-state index in [1.54, 1.807) is 0 Å². The molecule has 0 spiro atoms. The molecular formula is C26H25F3N6O5. The van der Waals surface area contributed by atoms with Crippen LogP contribution >= 0.6 is 0 Å². The third-order valence-corrected chi connectivity index (χ3v) is 6.33. The second kappa shape index (κ2) is 11.1. The van der Waals surface area contributed by atoms with Gasteiger partial charge in [-0.1, -0.05) is 42.5 Å². The van der Waals surface area contributed by atoms with Crippen molar-refractivity contribution in [3.05, 3.63) is 66.5 Å². The van der Waals surface area contributed by atoms with Crippen LogP contribution in [-0.2, 0) is 16.1 Å². The van der Waals surface area contributed by atoms with E-state index in [0.29, 0.717) is 12.1 Å². The Morgan fingerprint density at radius 3 is 2.60 bits per heavy atom. The first-order valence-electron chi connectivity index (χ1n) is 12.2. The molecule has 14 heteroatoms. The first kappa shape index (κ1) is 27.3. The fraction of sp³-hybridized carbons (Fsp3) is 0.308. The number of alkyl halides is 3. The molecule has 0 aliphatic carbocycles. The van der Waals surface area contributed by atoms with Gasteiger partial charge in [0, 0.05) is 19.2 Å². The zero-order chi connectivity index (χ0) is 28.4. The Hall–Kier alpha value is -4.27. The number of aliphatic hydroxyl groups excluding tert-OH is 2. The van der Waals surface area contributed by atoms with Gasteiger partial charge in [-0.3, -0.25) is 9.36 Å². The van der Waals surface area contributed by atoms with Gasteiger partial charge in [-0.05, 0) is 17.7 Å². The number of amides is 1. The second-order valence-electron chi connectivity index (χ2n) is 9.06. The maximum absolute atomic E-state index is 12.8. The summed E-state index contributed by atoms with van der Waals surface area (Å²) in [5, 5.41) is 26.9. The summed E-state index contributed by atoms with van der Waals surface area (Å²) < 4.78 is 49.8. The number of aliphatic hydroxyl groups is 2. The summed E-state index contributed by atoms with van der Waals surface area (Å²) in [6.45, 7) is 0.353. The Bertz CT molecular complexity index is 1500. The van der Waals surface area contributed by atoms with Crippen molar-refractivity contribution >= 4 is 22.9 Å². The molecule has 2 aromatic carbocycles. The number of benzene rings is 2. The van der Waals surface area contributed by atoms with E-state index < -0.39 is 36.7 Å². The lowest BCUT2D eigenvalue weighted by molar-refractivity contribution is -0.274. The van der Waals surface area contributed by atoms with Gasteiger partial charge >= 0.3 is 6.36 Å². The molecule has 1 fully saturated rings. The highest BCUT2D eigenvalue weighted by atomic mass is 19.4. The van der Waals surface area contributed by atoms with Gasteiger partial charge in [0.25, 0.3) is 0 Å². The van der Waals surface area contributed by atoms with Gasteiger partial charge < -0.3 is 30.3 Å². The molecule has 0 radical (unpaired) electrons. The van der Waals surface area contributed by atoms with E-state index in [2.05, 4.69) is 30.3 Å². The van der Waals surface area contributed by atoms with Gasteiger partial charge in [0.1, 0.15) is 18.0 Å². The maximum Gasteiger partial charge on any atom is 0.573 e. The summed E-state index contributed by atoms with van der Waals surface area (Å²) in [5.74, 6) is -0.506. The summed E-state index contributed by atoms with van der Waals surface area (Å²) in [6, 6.07) is 14.6. The molecule has 11 nitrogen and oxygen atoms in total. The van der Waals surface area contributed by atoms with E-state index >= 15 is 0 Å². The summed E-state index contributed by atoms with van der Waals surface area (Å²) in [6.07, 6.45) is -8.66. The van der Waals surface area contributed by atoms with Gasteiger partial charge in [-0.2, -0.15) is 0 Å². The molecule has 2 aromatic heterocycles. The van der Waals surface area contributed by atoms with E-state index in [1.807, 2.05) is 30.3 Å². The number of imidazole rings is 1. The van der Waals surface area contributed by atoms with E-state index in [1.165, 1.54) is 30.1 Å². The lowest BCUT2D eigenvalue weighted by Gasteiger charge is -2.17. The van der Waals surface area contributed by atoms with Crippen molar-refractivity contribution in [3.63, 3.8) is 0 Å². The maximum atomic E-state index is 12.8. The van der Waals surface area contributed by atoms with Crippen LogP contribution in [0.4, 0.5) is 19.0 Å². The Labute approximate surface area is 225 Å². The topological polar surface area (TPSA) is 144 Å².